The van der Waals surface area contributed by atoms with Crippen LogP contribution < -0.4 is 0 Å². The predicted molar refractivity (Wildman–Crippen MR) is 46.2 cm³/mol. The first-order valence-electron chi connectivity index (χ1n) is 3.62. The smallest absolute Gasteiger partial charge is 0.153 e. The fourth-order valence-electron chi connectivity index (χ4n) is 1.03. The van der Waals surface area contributed by atoms with E-state index in [9.17, 15) is 9.18 Å². The first kappa shape index (κ1) is 9.20. The maximum atomic E-state index is 13.2. The topological polar surface area (TPSA) is 17.1 Å². The van der Waals surface area contributed by atoms with Gasteiger partial charge in [-0.2, -0.15) is 0 Å². The molecule has 12 heavy (non-hydrogen) atoms. The number of aldehydes is 1. The Morgan fingerprint density at radius 2 is 2.25 bits per heavy atom. The van der Waals surface area contributed by atoms with Crippen molar-refractivity contribution in [1.82, 2.24) is 0 Å². The Bertz CT molecular complexity index is 310. The van der Waals surface area contributed by atoms with Gasteiger partial charge in [0.2, 0.25) is 0 Å². The molecular formula is C9H8ClFO. The third kappa shape index (κ3) is 1.48. The molecule has 0 N–H and O–H groups in total. The van der Waals surface area contributed by atoms with Gasteiger partial charge in [0, 0.05) is 10.6 Å². The maximum Gasteiger partial charge on any atom is 0.153 e. The van der Waals surface area contributed by atoms with Crippen LogP contribution in [0.2, 0.25) is 5.02 Å². The molecular weight excluding hydrogens is 179 g/mol. The highest BCUT2D eigenvalue weighted by atomic mass is 35.5. The number of carbonyl (C=O) groups excluding carboxylic acids is 1. The van der Waals surface area contributed by atoms with Crippen molar-refractivity contribution in [3.63, 3.8) is 0 Å². The SMILES string of the molecule is CCc1c(Cl)ccc(C=O)c1F. The zero-order valence-corrected chi connectivity index (χ0v) is 7.36. The van der Waals surface area contributed by atoms with Gasteiger partial charge < -0.3 is 0 Å². The molecule has 0 atom stereocenters. The molecule has 1 rings (SSSR count). The molecule has 0 unspecified atom stereocenters. The summed E-state index contributed by atoms with van der Waals surface area (Å²) in [7, 11) is 0. The number of hydrogen-bond donors (Lipinski definition) is 0. The van der Waals surface area contributed by atoms with Crippen LogP contribution in [0.25, 0.3) is 0 Å². The van der Waals surface area contributed by atoms with E-state index in [0.29, 0.717) is 23.3 Å². The molecule has 3 heteroatoms. The van der Waals surface area contributed by atoms with E-state index in [1.165, 1.54) is 12.1 Å². The van der Waals surface area contributed by atoms with E-state index in [0.717, 1.165) is 0 Å². The summed E-state index contributed by atoms with van der Waals surface area (Å²) < 4.78 is 13.2. The van der Waals surface area contributed by atoms with Crippen LogP contribution in [0.4, 0.5) is 4.39 Å². The van der Waals surface area contributed by atoms with Crippen molar-refractivity contribution in [1.29, 1.82) is 0 Å². The summed E-state index contributed by atoms with van der Waals surface area (Å²) in [6, 6.07) is 2.91. The van der Waals surface area contributed by atoms with E-state index in [-0.39, 0.29) is 5.56 Å². The fraction of sp³-hybridized carbons (Fsp3) is 0.222. The van der Waals surface area contributed by atoms with Crippen molar-refractivity contribution < 1.29 is 9.18 Å². The van der Waals surface area contributed by atoms with E-state index in [2.05, 4.69) is 0 Å². The van der Waals surface area contributed by atoms with Gasteiger partial charge >= 0.3 is 0 Å². The summed E-state index contributed by atoms with van der Waals surface area (Å²) in [4.78, 5) is 10.3. The highest BCUT2D eigenvalue weighted by Gasteiger charge is 2.09. The largest absolute Gasteiger partial charge is 0.298 e. The van der Waals surface area contributed by atoms with Gasteiger partial charge in [0.05, 0.1) is 5.56 Å². The normalized spacial score (nSPS) is 9.92. The molecule has 0 aliphatic rings. The van der Waals surface area contributed by atoms with Crippen LogP contribution in [0.3, 0.4) is 0 Å². The minimum atomic E-state index is -0.500. The van der Waals surface area contributed by atoms with E-state index < -0.39 is 5.82 Å². The first-order valence-corrected chi connectivity index (χ1v) is 4.00. The Morgan fingerprint density at radius 3 is 2.75 bits per heavy atom. The lowest BCUT2D eigenvalue weighted by Gasteiger charge is -2.03. The number of carbonyl (C=O) groups is 1. The molecule has 0 bridgehead atoms. The lowest BCUT2D eigenvalue weighted by atomic mass is 10.1. The minimum Gasteiger partial charge on any atom is -0.298 e. The monoisotopic (exact) mass is 186 g/mol. The van der Waals surface area contributed by atoms with Crippen LogP contribution in [-0.4, -0.2) is 6.29 Å². The molecule has 0 aromatic heterocycles. The lowest BCUT2D eigenvalue weighted by Crippen LogP contribution is -1.95. The third-order valence-corrected chi connectivity index (χ3v) is 2.05. The van der Waals surface area contributed by atoms with Crippen LogP contribution in [0.15, 0.2) is 12.1 Å². The average molecular weight is 187 g/mol. The molecule has 64 valence electrons. The predicted octanol–water partition coefficient (Wildman–Crippen LogP) is 2.85. The van der Waals surface area contributed by atoms with Crippen molar-refractivity contribution in [2.45, 2.75) is 13.3 Å². The van der Waals surface area contributed by atoms with Gasteiger partial charge in [-0.3, -0.25) is 4.79 Å². The van der Waals surface area contributed by atoms with Gasteiger partial charge in [-0.15, -0.1) is 0 Å². The van der Waals surface area contributed by atoms with Crippen molar-refractivity contribution in [3.8, 4) is 0 Å². The molecule has 0 saturated heterocycles. The van der Waals surface area contributed by atoms with E-state index >= 15 is 0 Å². The zero-order chi connectivity index (χ0) is 9.14. The Labute approximate surface area is 75.2 Å². The Kier molecular flexibility index (Phi) is 2.82. The van der Waals surface area contributed by atoms with Crippen LogP contribution >= 0.6 is 11.6 Å². The highest BCUT2D eigenvalue weighted by Crippen LogP contribution is 2.21. The summed E-state index contributed by atoms with van der Waals surface area (Å²) in [6.07, 6.45) is 0.983. The van der Waals surface area contributed by atoms with Crippen molar-refractivity contribution >= 4 is 17.9 Å². The van der Waals surface area contributed by atoms with Crippen LogP contribution in [0.1, 0.15) is 22.8 Å². The molecule has 1 aromatic carbocycles. The van der Waals surface area contributed by atoms with E-state index in [4.69, 9.17) is 11.6 Å². The number of rotatable bonds is 2. The molecule has 0 amide bonds. The van der Waals surface area contributed by atoms with Crippen LogP contribution in [0.5, 0.6) is 0 Å². The van der Waals surface area contributed by atoms with Crippen molar-refractivity contribution in [2.75, 3.05) is 0 Å². The standard InChI is InChI=1S/C9H8ClFO/c1-2-7-8(10)4-3-6(5-12)9(7)11/h3-5H,2H2,1H3. The van der Waals surface area contributed by atoms with Gasteiger partial charge in [0.15, 0.2) is 6.29 Å². The molecule has 1 nitrogen and oxygen atoms in total. The number of benzene rings is 1. The average Bonchev–Trinajstić information content (AvgIpc) is 2.06. The summed E-state index contributed by atoms with van der Waals surface area (Å²) in [5.74, 6) is -0.500. The molecule has 0 aliphatic carbocycles. The van der Waals surface area contributed by atoms with Crippen molar-refractivity contribution in [2.24, 2.45) is 0 Å². The Balaban J connectivity index is 3.33. The second-order valence-electron chi connectivity index (χ2n) is 2.40. The minimum absolute atomic E-state index is 0.0660. The third-order valence-electron chi connectivity index (χ3n) is 1.70. The maximum absolute atomic E-state index is 13.2. The molecule has 0 aliphatic heterocycles. The van der Waals surface area contributed by atoms with Gasteiger partial charge in [-0.1, -0.05) is 18.5 Å². The summed E-state index contributed by atoms with van der Waals surface area (Å²) in [5, 5.41) is 0.376. The second kappa shape index (κ2) is 3.68. The summed E-state index contributed by atoms with van der Waals surface area (Å²) >= 11 is 5.70. The van der Waals surface area contributed by atoms with Gasteiger partial charge in [-0.05, 0) is 18.6 Å². The molecule has 0 heterocycles. The van der Waals surface area contributed by atoms with Crippen LogP contribution in [-0.2, 0) is 6.42 Å². The summed E-state index contributed by atoms with van der Waals surface area (Å²) in [6.45, 7) is 1.79. The summed E-state index contributed by atoms with van der Waals surface area (Å²) in [5.41, 5.74) is 0.470. The molecule has 0 spiro atoms. The highest BCUT2D eigenvalue weighted by molar-refractivity contribution is 6.31. The van der Waals surface area contributed by atoms with Crippen molar-refractivity contribution in [3.05, 3.63) is 34.1 Å². The molecule has 0 radical (unpaired) electrons. The van der Waals surface area contributed by atoms with Gasteiger partial charge in [0.1, 0.15) is 5.82 Å². The number of hydrogen-bond acceptors (Lipinski definition) is 1. The zero-order valence-electron chi connectivity index (χ0n) is 6.60. The molecule has 0 saturated carbocycles. The molecule has 1 aromatic rings. The number of halogens is 2. The molecule has 0 fully saturated rings. The van der Waals surface area contributed by atoms with E-state index in [1.807, 2.05) is 0 Å². The second-order valence-corrected chi connectivity index (χ2v) is 2.81. The quantitative estimate of drug-likeness (QED) is 0.650. The lowest BCUT2D eigenvalue weighted by molar-refractivity contribution is 0.111. The van der Waals surface area contributed by atoms with Crippen LogP contribution in [0, 0.1) is 5.82 Å². The Morgan fingerprint density at radius 1 is 1.58 bits per heavy atom. The first-order chi connectivity index (χ1) is 5.70. The van der Waals surface area contributed by atoms with E-state index in [1.54, 1.807) is 6.92 Å². The van der Waals surface area contributed by atoms with Gasteiger partial charge in [0.25, 0.3) is 0 Å². The van der Waals surface area contributed by atoms with Gasteiger partial charge in [-0.25, -0.2) is 4.39 Å². The Hall–Kier alpha value is -0.890. The fourth-order valence-corrected chi connectivity index (χ4v) is 1.31.